The first-order valence-corrected chi connectivity index (χ1v) is 3.69. The van der Waals surface area contributed by atoms with Crippen LogP contribution in [-0.2, 0) is 0 Å². The summed E-state index contributed by atoms with van der Waals surface area (Å²) in [4.78, 5) is 11.1. The van der Waals surface area contributed by atoms with Crippen molar-refractivity contribution in [2.75, 3.05) is 0 Å². The molecule has 0 saturated heterocycles. The average molecular weight is 147 g/mol. The fourth-order valence-electron chi connectivity index (χ4n) is 0.949. The second-order valence-electron chi connectivity index (χ2n) is 2.48. The first kappa shape index (κ1) is 7.99. The molecule has 0 aromatic heterocycles. The standard InChI is InChI=1S/C10H11O/c1-3-10(11)9-6-4-5-8(2)7-9/h4-7H,2-3H2,1H3. The zero-order valence-corrected chi connectivity index (χ0v) is 6.63. The van der Waals surface area contributed by atoms with E-state index >= 15 is 0 Å². The van der Waals surface area contributed by atoms with Crippen molar-refractivity contribution in [1.82, 2.24) is 0 Å². The molecule has 11 heavy (non-hydrogen) atoms. The number of ketones is 1. The Bertz CT molecular complexity index is 263. The highest BCUT2D eigenvalue weighted by Crippen LogP contribution is 2.05. The third kappa shape index (κ3) is 1.90. The Morgan fingerprint density at radius 3 is 2.82 bits per heavy atom. The van der Waals surface area contributed by atoms with Gasteiger partial charge in [-0.3, -0.25) is 4.79 Å². The zero-order chi connectivity index (χ0) is 8.27. The zero-order valence-electron chi connectivity index (χ0n) is 6.63. The number of Topliss-reactive ketones (excluding diaryl/α,β-unsaturated/α-hetero) is 1. The predicted molar refractivity (Wildman–Crippen MR) is 45.5 cm³/mol. The molecular weight excluding hydrogens is 136 g/mol. The molecular formula is C10H11O. The van der Waals surface area contributed by atoms with E-state index in [1.165, 1.54) is 0 Å². The van der Waals surface area contributed by atoms with Crippen LogP contribution in [-0.4, -0.2) is 5.78 Å². The third-order valence-electron chi connectivity index (χ3n) is 1.57. The predicted octanol–water partition coefficient (Wildman–Crippen LogP) is 2.46. The summed E-state index contributed by atoms with van der Waals surface area (Å²) in [7, 11) is 0. The van der Waals surface area contributed by atoms with Crippen molar-refractivity contribution in [1.29, 1.82) is 0 Å². The van der Waals surface area contributed by atoms with E-state index in [-0.39, 0.29) is 5.78 Å². The van der Waals surface area contributed by atoms with Crippen molar-refractivity contribution in [2.45, 2.75) is 13.3 Å². The summed E-state index contributed by atoms with van der Waals surface area (Å²) in [5.74, 6) is 0.176. The molecule has 1 rings (SSSR count). The number of carbonyl (C=O) groups excluding carboxylic acids is 1. The lowest BCUT2D eigenvalue weighted by atomic mass is 10.1. The molecule has 0 saturated carbocycles. The smallest absolute Gasteiger partial charge is 0.162 e. The number of benzene rings is 1. The lowest BCUT2D eigenvalue weighted by Crippen LogP contribution is -1.95. The second-order valence-corrected chi connectivity index (χ2v) is 2.48. The monoisotopic (exact) mass is 147 g/mol. The van der Waals surface area contributed by atoms with Crippen molar-refractivity contribution >= 4 is 5.78 Å². The highest BCUT2D eigenvalue weighted by atomic mass is 16.1. The molecule has 1 aromatic rings. The van der Waals surface area contributed by atoms with E-state index in [0.717, 1.165) is 11.1 Å². The second kappa shape index (κ2) is 3.33. The molecule has 1 nitrogen and oxygen atoms in total. The van der Waals surface area contributed by atoms with E-state index in [9.17, 15) is 4.79 Å². The van der Waals surface area contributed by atoms with Gasteiger partial charge in [-0.05, 0) is 18.6 Å². The summed E-state index contributed by atoms with van der Waals surface area (Å²) in [5.41, 5.74) is 1.66. The molecule has 0 amide bonds. The van der Waals surface area contributed by atoms with E-state index in [2.05, 4.69) is 6.92 Å². The van der Waals surface area contributed by atoms with Crippen LogP contribution in [0.5, 0.6) is 0 Å². The fraction of sp³-hybridized carbons (Fsp3) is 0.200. The number of hydrogen-bond acceptors (Lipinski definition) is 1. The largest absolute Gasteiger partial charge is 0.294 e. The van der Waals surface area contributed by atoms with Crippen LogP contribution in [0.25, 0.3) is 0 Å². The van der Waals surface area contributed by atoms with Gasteiger partial charge in [-0.25, -0.2) is 0 Å². The van der Waals surface area contributed by atoms with Gasteiger partial charge in [-0.2, -0.15) is 0 Å². The molecule has 0 unspecified atom stereocenters. The van der Waals surface area contributed by atoms with Gasteiger partial charge in [-0.1, -0.05) is 25.1 Å². The maximum absolute atomic E-state index is 11.1. The third-order valence-corrected chi connectivity index (χ3v) is 1.57. The Morgan fingerprint density at radius 2 is 2.27 bits per heavy atom. The maximum Gasteiger partial charge on any atom is 0.162 e. The molecule has 0 aliphatic heterocycles. The van der Waals surface area contributed by atoms with Gasteiger partial charge in [0.2, 0.25) is 0 Å². The average Bonchev–Trinajstić information content (AvgIpc) is 2.03. The lowest BCUT2D eigenvalue weighted by molar-refractivity contribution is 0.0988. The van der Waals surface area contributed by atoms with Crippen molar-refractivity contribution in [3.05, 3.63) is 42.3 Å². The first-order valence-electron chi connectivity index (χ1n) is 3.69. The Hall–Kier alpha value is -1.11. The van der Waals surface area contributed by atoms with Gasteiger partial charge in [0.25, 0.3) is 0 Å². The van der Waals surface area contributed by atoms with Crippen molar-refractivity contribution in [3.63, 3.8) is 0 Å². The Balaban J connectivity index is 2.96. The molecule has 1 aromatic carbocycles. The summed E-state index contributed by atoms with van der Waals surface area (Å²) in [6, 6.07) is 7.37. The first-order chi connectivity index (χ1) is 5.24. The van der Waals surface area contributed by atoms with Crippen molar-refractivity contribution < 1.29 is 4.79 Å². The topological polar surface area (TPSA) is 17.1 Å². The molecule has 1 heteroatoms. The Labute approximate surface area is 67.1 Å². The molecule has 0 bridgehead atoms. The molecule has 0 N–H and O–H groups in total. The van der Waals surface area contributed by atoms with Gasteiger partial charge < -0.3 is 0 Å². The van der Waals surface area contributed by atoms with Crippen LogP contribution in [0.2, 0.25) is 0 Å². The summed E-state index contributed by atoms with van der Waals surface area (Å²) in [6.07, 6.45) is 0.559. The number of carbonyl (C=O) groups is 1. The van der Waals surface area contributed by atoms with Crippen LogP contribution in [0.1, 0.15) is 29.3 Å². The van der Waals surface area contributed by atoms with Crippen LogP contribution in [0.15, 0.2) is 24.3 Å². The molecule has 1 radical (unpaired) electrons. The van der Waals surface area contributed by atoms with Gasteiger partial charge in [-0.15, -0.1) is 0 Å². The molecule has 0 aliphatic rings. The number of hydrogen-bond donors (Lipinski definition) is 0. The van der Waals surface area contributed by atoms with Crippen LogP contribution in [0, 0.1) is 6.92 Å². The van der Waals surface area contributed by atoms with Crippen LogP contribution >= 0.6 is 0 Å². The minimum atomic E-state index is 0.176. The molecule has 0 spiro atoms. The lowest BCUT2D eigenvalue weighted by Gasteiger charge is -1.97. The summed E-state index contributed by atoms with van der Waals surface area (Å²) in [5, 5.41) is 0. The Morgan fingerprint density at radius 1 is 1.55 bits per heavy atom. The summed E-state index contributed by atoms with van der Waals surface area (Å²) >= 11 is 0. The fourth-order valence-corrected chi connectivity index (χ4v) is 0.949. The number of rotatable bonds is 2. The molecule has 0 fully saturated rings. The van der Waals surface area contributed by atoms with Crippen LogP contribution in [0.4, 0.5) is 0 Å². The SMILES string of the molecule is [CH2]c1cccc(C(=O)CC)c1. The van der Waals surface area contributed by atoms with Gasteiger partial charge in [0.1, 0.15) is 0 Å². The normalized spacial score (nSPS) is 9.64. The van der Waals surface area contributed by atoms with Gasteiger partial charge in [0.15, 0.2) is 5.78 Å². The van der Waals surface area contributed by atoms with E-state index in [1.807, 2.05) is 31.2 Å². The van der Waals surface area contributed by atoms with Gasteiger partial charge in [0, 0.05) is 12.0 Å². The maximum atomic E-state index is 11.1. The van der Waals surface area contributed by atoms with E-state index < -0.39 is 0 Å². The van der Waals surface area contributed by atoms with Gasteiger partial charge >= 0.3 is 0 Å². The van der Waals surface area contributed by atoms with Crippen molar-refractivity contribution in [2.24, 2.45) is 0 Å². The van der Waals surface area contributed by atoms with Gasteiger partial charge in [0.05, 0.1) is 0 Å². The molecule has 57 valence electrons. The quantitative estimate of drug-likeness (QED) is 0.587. The van der Waals surface area contributed by atoms with Crippen LogP contribution in [0.3, 0.4) is 0 Å². The highest BCUT2D eigenvalue weighted by molar-refractivity contribution is 5.95. The highest BCUT2D eigenvalue weighted by Gasteiger charge is 2.00. The summed E-state index contributed by atoms with van der Waals surface area (Å²) in [6.45, 7) is 5.60. The Kier molecular flexibility index (Phi) is 2.42. The van der Waals surface area contributed by atoms with E-state index in [1.54, 1.807) is 0 Å². The molecule has 0 aliphatic carbocycles. The van der Waals surface area contributed by atoms with E-state index in [0.29, 0.717) is 6.42 Å². The van der Waals surface area contributed by atoms with Crippen molar-refractivity contribution in [3.8, 4) is 0 Å². The molecule has 0 atom stereocenters. The minimum absolute atomic E-state index is 0.176. The summed E-state index contributed by atoms with van der Waals surface area (Å²) < 4.78 is 0. The molecule has 0 heterocycles. The van der Waals surface area contributed by atoms with E-state index in [4.69, 9.17) is 0 Å². The van der Waals surface area contributed by atoms with Crippen LogP contribution < -0.4 is 0 Å². The minimum Gasteiger partial charge on any atom is -0.294 e.